The summed E-state index contributed by atoms with van der Waals surface area (Å²) >= 11 is 0. The van der Waals surface area contributed by atoms with Crippen LogP contribution in [-0.4, -0.2) is 24.1 Å². The quantitative estimate of drug-likeness (QED) is 0.292. The number of hydrogen-bond donors (Lipinski definition) is 1. The van der Waals surface area contributed by atoms with Crippen LogP contribution in [0.15, 0.2) is 59.7 Å². The van der Waals surface area contributed by atoms with Gasteiger partial charge in [0, 0.05) is 5.56 Å². The Bertz CT molecular complexity index is 707. The fraction of sp³-hybridized carbons (Fsp3) is 0.167. The fourth-order valence-electron chi connectivity index (χ4n) is 1.86. The highest BCUT2D eigenvalue weighted by molar-refractivity contribution is 6.67. The van der Waals surface area contributed by atoms with Gasteiger partial charge in [0.25, 0.3) is 0 Å². The topological polar surface area (TPSA) is 67.8 Å². The third-order valence-electron chi connectivity index (χ3n) is 3.07. The van der Waals surface area contributed by atoms with Crippen molar-refractivity contribution in [3.05, 3.63) is 65.7 Å². The highest BCUT2D eigenvalue weighted by Crippen LogP contribution is 2.09. The normalized spacial score (nSPS) is 11.0. The van der Waals surface area contributed by atoms with Crippen LogP contribution in [0.25, 0.3) is 0 Å². The number of benzene rings is 2. The van der Waals surface area contributed by atoms with Crippen LogP contribution in [0, 0.1) is 6.92 Å². The first-order chi connectivity index (χ1) is 11.1. The van der Waals surface area contributed by atoms with Gasteiger partial charge in [-0.3, -0.25) is 10.2 Å². The zero-order valence-electron chi connectivity index (χ0n) is 13.1. The Kier molecular flexibility index (Phi) is 5.63. The number of aryl methyl sites for hydroxylation is 1. The largest absolute Gasteiger partial charge is 0.461 e. The maximum absolute atomic E-state index is 12.5. The second kappa shape index (κ2) is 7.89. The van der Waals surface area contributed by atoms with E-state index in [0.29, 0.717) is 11.3 Å². The van der Waals surface area contributed by atoms with E-state index in [4.69, 9.17) is 4.74 Å². The number of Topliss-reactive ketones (excluding diaryl/α,β-unsaturated/α-hetero) is 1. The van der Waals surface area contributed by atoms with Gasteiger partial charge >= 0.3 is 5.97 Å². The van der Waals surface area contributed by atoms with Crippen molar-refractivity contribution in [1.29, 1.82) is 0 Å². The molecule has 1 N–H and O–H groups in total. The lowest BCUT2D eigenvalue weighted by atomic mass is 10.1. The molecule has 0 bridgehead atoms. The molecule has 0 amide bonds. The second-order valence-corrected chi connectivity index (χ2v) is 4.85. The summed E-state index contributed by atoms with van der Waals surface area (Å²) in [5, 5.41) is 3.96. The standard InChI is InChI=1S/C18H18N2O3/c1-3-23-18(22)16(17(21)14-7-5-4-6-8-14)20-19-15-11-9-13(2)10-12-15/h4-12,19H,3H2,1-2H3. The molecule has 0 unspecified atom stereocenters. The minimum atomic E-state index is -0.749. The Hall–Kier alpha value is -2.95. The molecule has 5 heteroatoms. The minimum Gasteiger partial charge on any atom is -0.461 e. The van der Waals surface area contributed by atoms with Gasteiger partial charge in [-0.2, -0.15) is 5.10 Å². The maximum atomic E-state index is 12.5. The molecule has 0 radical (unpaired) electrons. The molecule has 0 fully saturated rings. The van der Waals surface area contributed by atoms with Gasteiger partial charge in [0.2, 0.25) is 11.5 Å². The van der Waals surface area contributed by atoms with Crippen molar-refractivity contribution in [2.24, 2.45) is 5.10 Å². The number of anilines is 1. The first kappa shape index (κ1) is 16.4. The van der Waals surface area contributed by atoms with E-state index < -0.39 is 11.8 Å². The first-order valence-electron chi connectivity index (χ1n) is 7.29. The number of hydrogen-bond acceptors (Lipinski definition) is 5. The Morgan fingerprint density at radius 1 is 1.04 bits per heavy atom. The van der Waals surface area contributed by atoms with E-state index >= 15 is 0 Å². The predicted octanol–water partition coefficient (Wildman–Crippen LogP) is 3.21. The van der Waals surface area contributed by atoms with Crippen LogP contribution >= 0.6 is 0 Å². The van der Waals surface area contributed by atoms with Crippen molar-refractivity contribution < 1.29 is 14.3 Å². The van der Waals surface area contributed by atoms with Gasteiger partial charge in [-0.05, 0) is 26.0 Å². The SMILES string of the molecule is CCOC(=O)C(=NNc1ccc(C)cc1)C(=O)c1ccccc1. The van der Waals surface area contributed by atoms with Crippen molar-refractivity contribution in [2.75, 3.05) is 12.0 Å². The van der Waals surface area contributed by atoms with Gasteiger partial charge in [-0.25, -0.2) is 4.79 Å². The zero-order valence-corrected chi connectivity index (χ0v) is 13.1. The van der Waals surface area contributed by atoms with E-state index in [1.54, 1.807) is 37.3 Å². The van der Waals surface area contributed by atoms with Crippen LogP contribution in [-0.2, 0) is 9.53 Å². The van der Waals surface area contributed by atoms with E-state index in [1.807, 2.05) is 31.2 Å². The van der Waals surface area contributed by atoms with Crippen molar-refractivity contribution in [2.45, 2.75) is 13.8 Å². The van der Waals surface area contributed by atoms with Crippen LogP contribution in [0.5, 0.6) is 0 Å². The molecule has 0 aliphatic heterocycles. The summed E-state index contributed by atoms with van der Waals surface area (Å²) in [4.78, 5) is 24.5. The predicted molar refractivity (Wildman–Crippen MR) is 89.6 cm³/mol. The van der Waals surface area contributed by atoms with Crippen molar-refractivity contribution in [1.82, 2.24) is 0 Å². The number of esters is 1. The number of nitrogens with one attached hydrogen (secondary N) is 1. The van der Waals surface area contributed by atoms with Crippen LogP contribution in [0.3, 0.4) is 0 Å². The van der Waals surface area contributed by atoms with Crippen LogP contribution in [0.2, 0.25) is 0 Å². The monoisotopic (exact) mass is 310 g/mol. The van der Waals surface area contributed by atoms with Gasteiger partial charge in [0.05, 0.1) is 12.3 Å². The zero-order chi connectivity index (χ0) is 16.7. The molecule has 0 heterocycles. The van der Waals surface area contributed by atoms with Crippen molar-refractivity contribution >= 4 is 23.2 Å². The van der Waals surface area contributed by atoms with Crippen LogP contribution in [0.4, 0.5) is 5.69 Å². The third kappa shape index (κ3) is 4.51. The molecular formula is C18H18N2O3. The van der Waals surface area contributed by atoms with Gasteiger partial charge in [-0.1, -0.05) is 48.0 Å². The number of carbonyl (C=O) groups excluding carboxylic acids is 2. The number of carbonyl (C=O) groups is 2. The molecule has 2 rings (SSSR count). The van der Waals surface area contributed by atoms with E-state index in [2.05, 4.69) is 10.5 Å². The Morgan fingerprint density at radius 2 is 1.70 bits per heavy atom. The molecule has 0 saturated heterocycles. The average molecular weight is 310 g/mol. The van der Waals surface area contributed by atoms with E-state index in [1.165, 1.54) is 0 Å². The van der Waals surface area contributed by atoms with Gasteiger partial charge in [0.1, 0.15) is 0 Å². The van der Waals surface area contributed by atoms with E-state index in [9.17, 15) is 9.59 Å². The highest BCUT2D eigenvalue weighted by atomic mass is 16.5. The number of nitrogens with zero attached hydrogens (tertiary/aromatic N) is 1. The lowest BCUT2D eigenvalue weighted by molar-refractivity contribution is -0.134. The van der Waals surface area contributed by atoms with Crippen molar-refractivity contribution in [3.8, 4) is 0 Å². The molecule has 0 aliphatic rings. The summed E-state index contributed by atoms with van der Waals surface area (Å²) < 4.78 is 4.92. The average Bonchev–Trinajstić information content (AvgIpc) is 2.57. The summed E-state index contributed by atoms with van der Waals surface area (Å²) in [6.07, 6.45) is 0. The number of ether oxygens (including phenoxy) is 1. The fourth-order valence-corrected chi connectivity index (χ4v) is 1.86. The molecule has 0 atom stereocenters. The molecule has 0 spiro atoms. The van der Waals surface area contributed by atoms with Crippen molar-refractivity contribution in [3.63, 3.8) is 0 Å². The Labute approximate surface area is 135 Å². The van der Waals surface area contributed by atoms with E-state index in [0.717, 1.165) is 5.56 Å². The highest BCUT2D eigenvalue weighted by Gasteiger charge is 2.23. The number of ketones is 1. The lowest BCUT2D eigenvalue weighted by Gasteiger charge is -2.07. The van der Waals surface area contributed by atoms with E-state index in [-0.39, 0.29) is 12.3 Å². The summed E-state index contributed by atoms with van der Waals surface area (Å²) in [5.41, 5.74) is 4.61. The summed E-state index contributed by atoms with van der Waals surface area (Å²) in [6, 6.07) is 15.9. The summed E-state index contributed by atoms with van der Waals surface area (Å²) in [7, 11) is 0. The maximum Gasteiger partial charge on any atom is 0.362 e. The molecule has 118 valence electrons. The van der Waals surface area contributed by atoms with Crippen LogP contribution in [0.1, 0.15) is 22.8 Å². The molecule has 0 saturated carbocycles. The second-order valence-electron chi connectivity index (χ2n) is 4.85. The lowest BCUT2D eigenvalue weighted by Crippen LogP contribution is -2.27. The van der Waals surface area contributed by atoms with Gasteiger partial charge < -0.3 is 4.74 Å². The van der Waals surface area contributed by atoms with Crippen LogP contribution < -0.4 is 5.43 Å². The molecule has 5 nitrogen and oxygen atoms in total. The Morgan fingerprint density at radius 3 is 2.30 bits per heavy atom. The molecular weight excluding hydrogens is 292 g/mol. The Balaban J connectivity index is 2.26. The molecule has 2 aromatic carbocycles. The molecule has 0 aromatic heterocycles. The van der Waals surface area contributed by atoms with Gasteiger partial charge in [0.15, 0.2) is 0 Å². The summed E-state index contributed by atoms with van der Waals surface area (Å²) in [6.45, 7) is 3.82. The smallest absolute Gasteiger partial charge is 0.362 e. The van der Waals surface area contributed by atoms with Gasteiger partial charge in [-0.15, -0.1) is 0 Å². The minimum absolute atomic E-state index is 0.171. The summed E-state index contributed by atoms with van der Waals surface area (Å²) in [5.74, 6) is -1.23. The molecule has 0 aliphatic carbocycles. The third-order valence-corrected chi connectivity index (χ3v) is 3.07. The number of rotatable bonds is 6. The first-order valence-corrected chi connectivity index (χ1v) is 7.29. The number of hydrazone groups is 1. The molecule has 23 heavy (non-hydrogen) atoms. The molecule has 2 aromatic rings.